The highest BCUT2D eigenvalue weighted by atomic mass is 16.5. The number of ether oxygens (including phenoxy) is 1. The van der Waals surface area contributed by atoms with E-state index in [0.29, 0.717) is 24.3 Å². The highest BCUT2D eigenvalue weighted by Gasteiger charge is 2.54. The number of fused-ring (bicyclic) bond motifs is 1. The fourth-order valence-electron chi connectivity index (χ4n) is 2.03. The Kier molecular flexibility index (Phi) is 1.20. The summed E-state index contributed by atoms with van der Waals surface area (Å²) in [5.74, 6) is 1.31. The van der Waals surface area contributed by atoms with Gasteiger partial charge in [0.25, 0.3) is 6.47 Å². The van der Waals surface area contributed by atoms with E-state index in [1.54, 1.807) is 0 Å². The molecule has 0 aliphatic heterocycles. The van der Waals surface area contributed by atoms with Gasteiger partial charge in [0.2, 0.25) is 0 Å². The predicted octanol–water partition coefficient (Wildman–Crippen LogP) is -0.105. The molecular weight excluding hydrogens is 130 g/mol. The highest BCUT2D eigenvalue weighted by Crippen LogP contribution is 2.51. The zero-order valence-electron chi connectivity index (χ0n) is 5.69. The molecule has 0 spiro atoms. The minimum atomic E-state index is 0.173. The van der Waals surface area contributed by atoms with Crippen LogP contribution >= 0.6 is 0 Å². The van der Waals surface area contributed by atoms with Crippen molar-refractivity contribution in [2.75, 3.05) is 0 Å². The van der Waals surface area contributed by atoms with Gasteiger partial charge in [0.15, 0.2) is 0 Å². The first-order chi connectivity index (χ1) is 4.83. The van der Waals surface area contributed by atoms with Gasteiger partial charge >= 0.3 is 0 Å². The van der Waals surface area contributed by atoms with Crippen LogP contribution < -0.4 is 5.73 Å². The lowest BCUT2D eigenvalue weighted by molar-refractivity contribution is -0.133. The second-order valence-electron chi connectivity index (χ2n) is 3.23. The molecule has 0 amide bonds. The third-order valence-corrected chi connectivity index (χ3v) is 2.72. The fourth-order valence-corrected chi connectivity index (χ4v) is 2.03. The zero-order valence-corrected chi connectivity index (χ0v) is 5.69. The van der Waals surface area contributed by atoms with E-state index in [4.69, 9.17) is 10.5 Å². The Bertz CT molecular complexity index is 148. The maximum absolute atomic E-state index is 9.91. The van der Waals surface area contributed by atoms with Crippen LogP contribution in [-0.2, 0) is 9.53 Å². The smallest absolute Gasteiger partial charge is 0.293 e. The fraction of sp³-hybridized carbons (Fsp3) is 0.857. The Morgan fingerprint density at radius 3 is 2.50 bits per heavy atom. The van der Waals surface area contributed by atoms with Gasteiger partial charge in [0.1, 0.15) is 6.10 Å². The molecule has 0 heterocycles. The van der Waals surface area contributed by atoms with Crippen LogP contribution in [0.25, 0.3) is 0 Å². The van der Waals surface area contributed by atoms with Gasteiger partial charge in [-0.1, -0.05) is 0 Å². The average molecular weight is 141 g/mol. The summed E-state index contributed by atoms with van der Waals surface area (Å²) in [5.41, 5.74) is 5.69. The van der Waals surface area contributed by atoms with E-state index in [1.807, 2.05) is 0 Å². The lowest BCUT2D eigenvalue weighted by atomic mass is 10.2. The molecule has 0 radical (unpaired) electrons. The molecule has 10 heavy (non-hydrogen) atoms. The van der Waals surface area contributed by atoms with Crippen LogP contribution in [0.5, 0.6) is 0 Å². The van der Waals surface area contributed by atoms with E-state index < -0.39 is 0 Å². The Morgan fingerprint density at radius 1 is 1.40 bits per heavy atom. The Hall–Kier alpha value is -0.570. The zero-order chi connectivity index (χ0) is 7.14. The van der Waals surface area contributed by atoms with Crippen LogP contribution in [0, 0.1) is 11.8 Å². The summed E-state index contributed by atoms with van der Waals surface area (Å²) in [6, 6.07) is 0.409. The minimum Gasteiger partial charge on any atom is -0.465 e. The molecule has 2 unspecified atom stereocenters. The maximum Gasteiger partial charge on any atom is 0.293 e. The van der Waals surface area contributed by atoms with Crippen molar-refractivity contribution in [2.24, 2.45) is 17.6 Å². The second-order valence-corrected chi connectivity index (χ2v) is 3.23. The second kappa shape index (κ2) is 1.95. The molecule has 0 bridgehead atoms. The van der Waals surface area contributed by atoms with Gasteiger partial charge in [-0.2, -0.15) is 0 Å². The van der Waals surface area contributed by atoms with Gasteiger partial charge in [0.05, 0.1) is 0 Å². The number of carbonyl (C=O) groups is 1. The molecule has 2 N–H and O–H groups in total. The molecule has 0 aromatic heterocycles. The van der Waals surface area contributed by atoms with E-state index in [9.17, 15) is 4.79 Å². The highest BCUT2D eigenvalue weighted by molar-refractivity contribution is 5.37. The number of rotatable bonds is 2. The van der Waals surface area contributed by atoms with Crippen molar-refractivity contribution in [3.8, 4) is 0 Å². The summed E-state index contributed by atoms with van der Waals surface area (Å²) in [5, 5.41) is 0. The molecule has 3 heteroatoms. The van der Waals surface area contributed by atoms with Crippen molar-refractivity contribution >= 4 is 6.47 Å². The van der Waals surface area contributed by atoms with Gasteiger partial charge in [-0.3, -0.25) is 4.79 Å². The first-order valence-corrected chi connectivity index (χ1v) is 3.67. The number of hydrogen-bond acceptors (Lipinski definition) is 3. The summed E-state index contributed by atoms with van der Waals surface area (Å²) in [6.07, 6.45) is 2.15. The minimum absolute atomic E-state index is 0.173. The van der Waals surface area contributed by atoms with E-state index in [2.05, 4.69) is 0 Å². The molecule has 0 aromatic carbocycles. The first-order valence-electron chi connectivity index (χ1n) is 3.67. The van der Waals surface area contributed by atoms with Crippen LogP contribution in [0.1, 0.15) is 12.8 Å². The topological polar surface area (TPSA) is 52.3 Å². The molecule has 2 atom stereocenters. The molecule has 2 rings (SSSR count). The van der Waals surface area contributed by atoms with Gasteiger partial charge < -0.3 is 10.5 Å². The van der Waals surface area contributed by atoms with Crippen LogP contribution in [0.3, 0.4) is 0 Å². The summed E-state index contributed by atoms with van der Waals surface area (Å²) < 4.78 is 4.82. The molecular formula is C7H11NO2. The monoisotopic (exact) mass is 141 g/mol. The predicted molar refractivity (Wildman–Crippen MR) is 35.1 cm³/mol. The SMILES string of the molecule is NC1C2CC(OC=O)CC12. The van der Waals surface area contributed by atoms with Crippen LogP contribution in [-0.4, -0.2) is 18.6 Å². The Morgan fingerprint density at radius 2 is 2.00 bits per heavy atom. The number of nitrogens with two attached hydrogens (primary N) is 1. The number of carbonyl (C=O) groups excluding carboxylic acids is 1. The molecule has 3 nitrogen and oxygen atoms in total. The van der Waals surface area contributed by atoms with Crippen LogP contribution in [0.4, 0.5) is 0 Å². The van der Waals surface area contributed by atoms with Crippen molar-refractivity contribution < 1.29 is 9.53 Å². The largest absolute Gasteiger partial charge is 0.465 e. The normalized spacial score (nSPS) is 50.1. The van der Waals surface area contributed by atoms with Crippen molar-refractivity contribution in [2.45, 2.75) is 25.0 Å². The first kappa shape index (κ1) is 6.16. The third-order valence-electron chi connectivity index (χ3n) is 2.72. The van der Waals surface area contributed by atoms with Crippen molar-refractivity contribution in [1.29, 1.82) is 0 Å². The van der Waals surface area contributed by atoms with E-state index in [0.717, 1.165) is 12.8 Å². The van der Waals surface area contributed by atoms with E-state index in [-0.39, 0.29) is 6.10 Å². The summed E-state index contributed by atoms with van der Waals surface area (Å²) >= 11 is 0. The van der Waals surface area contributed by atoms with Gasteiger partial charge in [-0.25, -0.2) is 0 Å². The van der Waals surface area contributed by atoms with Gasteiger partial charge in [0, 0.05) is 6.04 Å². The summed E-state index contributed by atoms with van der Waals surface area (Å²) in [6.45, 7) is 0.543. The molecule has 0 aromatic rings. The van der Waals surface area contributed by atoms with Gasteiger partial charge in [-0.05, 0) is 24.7 Å². The molecule has 2 saturated carbocycles. The quantitative estimate of drug-likeness (QED) is 0.546. The standard InChI is InChI=1S/C7H11NO2/c8-7-5-1-4(10-3-9)2-6(5)7/h3-7H,1-2,8H2. The van der Waals surface area contributed by atoms with Crippen molar-refractivity contribution in [3.63, 3.8) is 0 Å². The van der Waals surface area contributed by atoms with Gasteiger partial charge in [-0.15, -0.1) is 0 Å². The Labute approximate surface area is 59.5 Å². The molecule has 2 aliphatic carbocycles. The maximum atomic E-state index is 9.91. The van der Waals surface area contributed by atoms with E-state index >= 15 is 0 Å². The van der Waals surface area contributed by atoms with Crippen LogP contribution in [0.2, 0.25) is 0 Å². The molecule has 56 valence electrons. The lowest BCUT2D eigenvalue weighted by Crippen LogP contribution is -2.16. The molecule has 2 fully saturated rings. The Balaban J connectivity index is 1.83. The average Bonchev–Trinajstić information content (AvgIpc) is 2.44. The van der Waals surface area contributed by atoms with Crippen LogP contribution in [0.15, 0.2) is 0 Å². The lowest BCUT2D eigenvalue weighted by Gasteiger charge is -2.09. The third kappa shape index (κ3) is 0.736. The van der Waals surface area contributed by atoms with E-state index in [1.165, 1.54) is 0 Å². The molecule has 2 aliphatic rings. The summed E-state index contributed by atoms with van der Waals surface area (Å²) in [7, 11) is 0. The summed E-state index contributed by atoms with van der Waals surface area (Å²) in [4.78, 5) is 9.91. The number of hydrogen-bond donors (Lipinski definition) is 1. The van der Waals surface area contributed by atoms with Crippen molar-refractivity contribution in [1.82, 2.24) is 0 Å². The molecule has 0 saturated heterocycles. The van der Waals surface area contributed by atoms with Crippen molar-refractivity contribution in [3.05, 3.63) is 0 Å².